The Morgan fingerprint density at radius 2 is 2.04 bits per heavy atom. The molecule has 0 aliphatic heterocycles. The molecule has 0 bridgehead atoms. The Labute approximate surface area is 154 Å². The third-order valence-corrected chi connectivity index (χ3v) is 3.83. The lowest BCUT2D eigenvalue weighted by atomic mass is 10.2. The van der Waals surface area contributed by atoms with E-state index in [0.717, 1.165) is 11.3 Å². The minimum absolute atomic E-state index is 0.192. The topological polar surface area (TPSA) is 112 Å². The van der Waals surface area contributed by atoms with Crippen molar-refractivity contribution in [1.29, 1.82) is 0 Å². The second-order valence-electron chi connectivity index (χ2n) is 5.78. The maximum atomic E-state index is 12.4. The Balaban J connectivity index is 1.46. The lowest BCUT2D eigenvalue weighted by Crippen LogP contribution is -2.27. The number of carbonyl (C=O) groups excluding carboxylic acids is 1. The van der Waals surface area contributed by atoms with Crippen LogP contribution >= 0.6 is 0 Å². The van der Waals surface area contributed by atoms with Crippen molar-refractivity contribution in [2.24, 2.45) is 0 Å². The van der Waals surface area contributed by atoms with Crippen LogP contribution in [0, 0.1) is 0 Å². The standard InChI is InChI=1S/C18H15N7O2/c1-12(18-21-16(23-27-18)13-6-5-9-19-10-13)20-17(26)15-11-25(24-22-15)14-7-3-2-4-8-14/h2-12H,1H3,(H,20,26)/t12-/m1/s1. The molecule has 134 valence electrons. The highest BCUT2D eigenvalue weighted by Gasteiger charge is 2.20. The van der Waals surface area contributed by atoms with E-state index in [1.807, 2.05) is 36.4 Å². The fourth-order valence-electron chi connectivity index (χ4n) is 2.43. The number of hydrogen-bond donors (Lipinski definition) is 1. The van der Waals surface area contributed by atoms with Gasteiger partial charge in [0.25, 0.3) is 5.91 Å². The highest BCUT2D eigenvalue weighted by atomic mass is 16.5. The number of rotatable bonds is 5. The molecule has 0 saturated carbocycles. The Morgan fingerprint density at radius 3 is 2.81 bits per heavy atom. The minimum atomic E-state index is -0.489. The van der Waals surface area contributed by atoms with Gasteiger partial charge in [0.05, 0.1) is 11.9 Å². The summed E-state index contributed by atoms with van der Waals surface area (Å²) in [5.74, 6) is 0.317. The molecule has 0 spiro atoms. The highest BCUT2D eigenvalue weighted by Crippen LogP contribution is 2.17. The number of nitrogens with zero attached hydrogens (tertiary/aromatic N) is 6. The molecule has 27 heavy (non-hydrogen) atoms. The largest absolute Gasteiger partial charge is 0.339 e. The van der Waals surface area contributed by atoms with Crippen LogP contribution in [0.5, 0.6) is 0 Å². The molecular weight excluding hydrogens is 346 g/mol. The molecule has 4 rings (SSSR count). The Morgan fingerprint density at radius 1 is 1.19 bits per heavy atom. The van der Waals surface area contributed by atoms with Gasteiger partial charge in [-0.25, -0.2) is 4.68 Å². The van der Waals surface area contributed by atoms with Crippen molar-refractivity contribution < 1.29 is 9.32 Å². The normalized spacial score (nSPS) is 11.9. The van der Waals surface area contributed by atoms with Gasteiger partial charge in [0.1, 0.15) is 6.04 Å². The Kier molecular flexibility index (Phi) is 4.40. The first-order valence-electron chi connectivity index (χ1n) is 8.23. The summed E-state index contributed by atoms with van der Waals surface area (Å²) in [4.78, 5) is 20.8. The van der Waals surface area contributed by atoms with Crippen LogP contribution < -0.4 is 5.32 Å². The van der Waals surface area contributed by atoms with Gasteiger partial charge in [0, 0.05) is 18.0 Å². The summed E-state index contributed by atoms with van der Waals surface area (Å²) < 4.78 is 6.78. The molecule has 9 heteroatoms. The number of para-hydroxylation sites is 1. The minimum Gasteiger partial charge on any atom is -0.339 e. The zero-order valence-electron chi connectivity index (χ0n) is 14.4. The molecule has 0 fully saturated rings. The predicted molar refractivity (Wildman–Crippen MR) is 94.8 cm³/mol. The van der Waals surface area contributed by atoms with Crippen molar-refractivity contribution in [2.45, 2.75) is 13.0 Å². The molecule has 0 aliphatic rings. The number of carbonyl (C=O) groups is 1. The highest BCUT2D eigenvalue weighted by molar-refractivity contribution is 5.92. The zero-order valence-corrected chi connectivity index (χ0v) is 14.4. The van der Waals surface area contributed by atoms with Crippen LogP contribution in [0.4, 0.5) is 0 Å². The van der Waals surface area contributed by atoms with E-state index < -0.39 is 6.04 Å². The molecule has 3 heterocycles. The molecule has 3 aromatic heterocycles. The maximum absolute atomic E-state index is 12.4. The second kappa shape index (κ2) is 7.16. The van der Waals surface area contributed by atoms with Crippen molar-refractivity contribution in [1.82, 2.24) is 35.4 Å². The van der Waals surface area contributed by atoms with Gasteiger partial charge in [-0.2, -0.15) is 4.98 Å². The summed E-state index contributed by atoms with van der Waals surface area (Å²) in [5.41, 5.74) is 1.74. The summed E-state index contributed by atoms with van der Waals surface area (Å²) in [6.45, 7) is 1.75. The quantitative estimate of drug-likeness (QED) is 0.580. The van der Waals surface area contributed by atoms with E-state index >= 15 is 0 Å². The van der Waals surface area contributed by atoms with Crippen LogP contribution in [0.3, 0.4) is 0 Å². The Bertz CT molecular complexity index is 1040. The first kappa shape index (κ1) is 16.6. The molecule has 1 N–H and O–H groups in total. The number of hydrogen-bond acceptors (Lipinski definition) is 7. The number of aromatic nitrogens is 6. The van der Waals surface area contributed by atoms with Crippen LogP contribution in [-0.2, 0) is 0 Å². The van der Waals surface area contributed by atoms with Crippen molar-refractivity contribution in [3.8, 4) is 17.1 Å². The van der Waals surface area contributed by atoms with Gasteiger partial charge in [-0.1, -0.05) is 28.6 Å². The zero-order chi connectivity index (χ0) is 18.6. The molecule has 1 aromatic carbocycles. The monoisotopic (exact) mass is 361 g/mol. The van der Waals surface area contributed by atoms with E-state index in [1.165, 1.54) is 4.68 Å². The first-order chi connectivity index (χ1) is 13.2. The average molecular weight is 361 g/mol. The van der Waals surface area contributed by atoms with Gasteiger partial charge < -0.3 is 9.84 Å². The number of benzene rings is 1. The van der Waals surface area contributed by atoms with Gasteiger partial charge in [-0.05, 0) is 31.2 Å². The summed E-state index contributed by atoms with van der Waals surface area (Å²) in [6.07, 6.45) is 4.86. The Hall–Kier alpha value is -3.88. The van der Waals surface area contributed by atoms with Gasteiger partial charge in [0.15, 0.2) is 5.69 Å². The van der Waals surface area contributed by atoms with Gasteiger partial charge in [-0.3, -0.25) is 9.78 Å². The molecule has 0 saturated heterocycles. The fraction of sp³-hybridized carbons (Fsp3) is 0.111. The van der Waals surface area contributed by atoms with Crippen LogP contribution in [-0.4, -0.2) is 36.0 Å². The number of nitrogens with one attached hydrogen (secondary N) is 1. The molecule has 1 atom stereocenters. The number of pyridine rings is 1. The SMILES string of the molecule is C[C@@H](NC(=O)c1cn(-c2ccccc2)nn1)c1nc(-c2cccnc2)no1. The van der Waals surface area contributed by atoms with Crippen molar-refractivity contribution in [2.75, 3.05) is 0 Å². The molecular formula is C18H15N7O2. The molecule has 4 aromatic rings. The van der Waals surface area contributed by atoms with Crippen LogP contribution in [0.15, 0.2) is 65.6 Å². The van der Waals surface area contributed by atoms with Gasteiger partial charge >= 0.3 is 0 Å². The van der Waals surface area contributed by atoms with Crippen LogP contribution in [0.2, 0.25) is 0 Å². The predicted octanol–water partition coefficient (Wildman–Crippen LogP) is 2.20. The second-order valence-corrected chi connectivity index (χ2v) is 5.78. The van der Waals surface area contributed by atoms with Crippen LogP contribution in [0.25, 0.3) is 17.1 Å². The van der Waals surface area contributed by atoms with E-state index in [2.05, 4.69) is 30.8 Å². The summed E-state index contributed by atoms with van der Waals surface area (Å²) in [6, 6.07) is 12.5. The van der Waals surface area contributed by atoms with Crippen molar-refractivity contribution >= 4 is 5.91 Å². The number of amides is 1. The summed E-state index contributed by atoms with van der Waals surface area (Å²) in [5, 5.41) is 14.6. The summed E-state index contributed by atoms with van der Waals surface area (Å²) >= 11 is 0. The third kappa shape index (κ3) is 3.56. The molecule has 9 nitrogen and oxygen atoms in total. The van der Waals surface area contributed by atoms with Gasteiger partial charge in [-0.15, -0.1) is 5.10 Å². The van der Waals surface area contributed by atoms with E-state index in [4.69, 9.17) is 4.52 Å². The van der Waals surface area contributed by atoms with E-state index in [-0.39, 0.29) is 17.5 Å². The van der Waals surface area contributed by atoms with Gasteiger partial charge in [0.2, 0.25) is 11.7 Å². The smallest absolute Gasteiger partial charge is 0.274 e. The molecule has 0 aliphatic carbocycles. The first-order valence-corrected chi connectivity index (χ1v) is 8.23. The van der Waals surface area contributed by atoms with E-state index in [1.54, 1.807) is 31.6 Å². The van der Waals surface area contributed by atoms with Crippen LogP contribution in [0.1, 0.15) is 29.3 Å². The average Bonchev–Trinajstić information content (AvgIpc) is 3.39. The van der Waals surface area contributed by atoms with E-state index in [9.17, 15) is 4.79 Å². The van der Waals surface area contributed by atoms with E-state index in [0.29, 0.717) is 5.82 Å². The summed E-state index contributed by atoms with van der Waals surface area (Å²) in [7, 11) is 0. The lowest BCUT2D eigenvalue weighted by molar-refractivity contribution is 0.0927. The lowest BCUT2D eigenvalue weighted by Gasteiger charge is -2.07. The maximum Gasteiger partial charge on any atom is 0.274 e. The van der Waals surface area contributed by atoms with Crippen molar-refractivity contribution in [3.63, 3.8) is 0 Å². The third-order valence-electron chi connectivity index (χ3n) is 3.83. The van der Waals surface area contributed by atoms with Crippen molar-refractivity contribution in [3.05, 3.63) is 72.6 Å². The molecule has 0 unspecified atom stereocenters. The molecule has 1 amide bonds. The molecule has 0 radical (unpaired) electrons. The fourth-order valence-corrected chi connectivity index (χ4v) is 2.43.